The Labute approximate surface area is 226 Å². The third-order valence-corrected chi connectivity index (χ3v) is 11.4. The summed E-state index contributed by atoms with van der Waals surface area (Å²) < 4.78 is 2.81. The number of fused-ring (bicyclic) bond motifs is 4. The molecule has 3 saturated carbocycles. The minimum atomic E-state index is -0.754. The number of rotatable bonds is 3. The van der Waals surface area contributed by atoms with Gasteiger partial charge in [-0.15, -0.1) is 0 Å². The van der Waals surface area contributed by atoms with Crippen LogP contribution in [-0.4, -0.2) is 47.3 Å². The molecule has 5 aliphatic rings. The van der Waals surface area contributed by atoms with E-state index in [0.717, 1.165) is 47.0 Å². The Balaban J connectivity index is 1.17. The van der Waals surface area contributed by atoms with Gasteiger partial charge in [0.1, 0.15) is 6.20 Å². The summed E-state index contributed by atoms with van der Waals surface area (Å²) >= 11 is 0. The Bertz CT molecular complexity index is 1630. The zero-order valence-electron chi connectivity index (χ0n) is 22.5. The van der Waals surface area contributed by atoms with Crippen LogP contribution in [0, 0.1) is 23.2 Å². The molecule has 3 aromatic rings. The van der Waals surface area contributed by atoms with Crippen molar-refractivity contribution >= 4 is 11.0 Å². The summed E-state index contributed by atoms with van der Waals surface area (Å²) in [5.74, 6) is 2.68. The maximum Gasteiger partial charge on any atom is 0.351 e. The molecule has 9 heteroatoms. The molecule has 9 nitrogen and oxygen atoms in total. The summed E-state index contributed by atoms with van der Waals surface area (Å²) in [5.41, 5.74) is 0.353. The van der Waals surface area contributed by atoms with Gasteiger partial charge < -0.3 is 4.57 Å². The van der Waals surface area contributed by atoms with Crippen molar-refractivity contribution < 1.29 is 0 Å². The van der Waals surface area contributed by atoms with E-state index in [1.54, 1.807) is 0 Å². The maximum absolute atomic E-state index is 14.0. The second-order valence-corrected chi connectivity index (χ2v) is 13.3. The molecule has 2 saturated heterocycles. The molecule has 0 radical (unpaired) electrons. The molecule has 2 aliphatic heterocycles. The van der Waals surface area contributed by atoms with Gasteiger partial charge >= 0.3 is 5.69 Å². The molecule has 8 rings (SSSR count). The molecule has 0 amide bonds. The van der Waals surface area contributed by atoms with Gasteiger partial charge in [-0.3, -0.25) is 19.5 Å². The smallest absolute Gasteiger partial charge is 0.300 e. The molecule has 3 aliphatic carbocycles. The van der Waals surface area contributed by atoms with E-state index in [2.05, 4.69) is 26.9 Å². The van der Waals surface area contributed by atoms with Gasteiger partial charge in [0.25, 0.3) is 11.1 Å². The zero-order chi connectivity index (χ0) is 26.5. The highest BCUT2D eigenvalue weighted by atomic mass is 16.2. The van der Waals surface area contributed by atoms with Crippen LogP contribution in [0.25, 0.3) is 16.9 Å². The Morgan fingerprint density at radius 2 is 1.67 bits per heavy atom. The molecule has 5 fully saturated rings. The van der Waals surface area contributed by atoms with Crippen molar-refractivity contribution in [2.24, 2.45) is 23.2 Å². The Hall–Kier alpha value is -3.07. The lowest BCUT2D eigenvalue weighted by Crippen LogP contribution is -2.58. The number of aromatic amines is 1. The van der Waals surface area contributed by atoms with Crippen molar-refractivity contribution in [2.75, 3.05) is 0 Å². The van der Waals surface area contributed by atoms with Crippen LogP contribution in [0.4, 0.5) is 0 Å². The first-order valence-corrected chi connectivity index (χ1v) is 14.9. The molecule has 4 heterocycles. The molecule has 1 aromatic carbocycles. The van der Waals surface area contributed by atoms with E-state index in [1.807, 2.05) is 28.8 Å². The fourth-order valence-corrected chi connectivity index (χ4v) is 9.80. The first-order chi connectivity index (χ1) is 18.9. The van der Waals surface area contributed by atoms with Crippen molar-refractivity contribution in [3.8, 4) is 5.82 Å². The Morgan fingerprint density at radius 1 is 0.897 bits per heavy atom. The van der Waals surface area contributed by atoms with E-state index in [0.29, 0.717) is 29.1 Å². The van der Waals surface area contributed by atoms with E-state index in [-0.39, 0.29) is 17.4 Å². The number of nitrogens with one attached hydrogen (secondary N) is 1. The monoisotopic (exact) mass is 528 g/mol. The first-order valence-electron chi connectivity index (χ1n) is 14.9. The fourth-order valence-electron chi connectivity index (χ4n) is 9.80. The number of hydrogen-bond acceptors (Lipinski definition) is 6. The van der Waals surface area contributed by atoms with E-state index in [1.165, 1.54) is 51.4 Å². The quantitative estimate of drug-likeness (QED) is 0.559. The van der Waals surface area contributed by atoms with E-state index < -0.39 is 11.2 Å². The second kappa shape index (κ2) is 8.46. The van der Waals surface area contributed by atoms with Crippen LogP contribution in [0.15, 0.2) is 44.8 Å². The van der Waals surface area contributed by atoms with Gasteiger partial charge in [0.2, 0.25) is 5.82 Å². The van der Waals surface area contributed by atoms with E-state index in [4.69, 9.17) is 0 Å². The SMILES string of the molecule is C[C@]12C[C@H]3C[C@@H](N4[C@@H]5CCC[C@H]4CC(n4c(=O)c(-n6ncc(=O)[nH]c6=O)nc6ccccc64)C5)C[C@@H]1C[C@@H]2C3. The van der Waals surface area contributed by atoms with Gasteiger partial charge in [0.15, 0.2) is 0 Å². The minimum Gasteiger partial charge on any atom is -0.300 e. The molecule has 39 heavy (non-hydrogen) atoms. The van der Waals surface area contributed by atoms with Crippen molar-refractivity contribution in [1.82, 2.24) is 29.2 Å². The summed E-state index contributed by atoms with van der Waals surface area (Å²) in [6, 6.07) is 9.30. The molecule has 2 aromatic heterocycles. The van der Waals surface area contributed by atoms with Gasteiger partial charge in [-0.2, -0.15) is 9.78 Å². The molecule has 1 unspecified atom stereocenters. The fraction of sp³-hybridized carbons (Fsp3) is 0.633. The standard InChI is InChI=1S/C30H36N6O3/c1-30-15-17-9-18(30)11-19(30)12-22(10-17)34-20-5-4-6-21(34)14-23(13-20)35-25-8-3-2-7-24(25)32-27(28(35)38)36-29(39)33-26(37)16-31-36/h2-3,7-8,16-23H,4-6,9-15H2,1H3,(H,33,37,39)/t17-,18+,19+,20-,21+,22-,23?,30-/m1/s1. The summed E-state index contributed by atoms with van der Waals surface area (Å²) in [4.78, 5) is 47.9. The molecule has 204 valence electrons. The molecular formula is C30H36N6O3. The number of nitrogens with zero attached hydrogens (tertiary/aromatic N) is 5. The molecule has 8 atom stereocenters. The molecule has 4 bridgehead atoms. The van der Waals surface area contributed by atoms with Crippen molar-refractivity contribution in [3.63, 3.8) is 0 Å². The predicted molar refractivity (Wildman–Crippen MR) is 147 cm³/mol. The topological polar surface area (TPSA) is 106 Å². The van der Waals surface area contributed by atoms with Crippen molar-refractivity contribution in [2.45, 2.75) is 95.3 Å². The molecular weight excluding hydrogens is 492 g/mol. The summed E-state index contributed by atoms with van der Waals surface area (Å²) in [6.45, 7) is 2.57. The summed E-state index contributed by atoms with van der Waals surface area (Å²) in [6.07, 6.45) is 13.5. The van der Waals surface area contributed by atoms with Gasteiger partial charge in [-0.1, -0.05) is 25.5 Å². The second-order valence-electron chi connectivity index (χ2n) is 13.3. The third-order valence-electron chi connectivity index (χ3n) is 11.4. The summed E-state index contributed by atoms with van der Waals surface area (Å²) in [7, 11) is 0. The normalized spacial score (nSPS) is 37.4. The zero-order valence-corrected chi connectivity index (χ0v) is 22.5. The molecule has 0 spiro atoms. The number of hydrogen-bond donors (Lipinski definition) is 1. The number of benzene rings is 1. The number of piperidine rings is 2. The molecule has 1 N–H and O–H groups in total. The van der Waals surface area contributed by atoms with Crippen LogP contribution in [0.5, 0.6) is 0 Å². The van der Waals surface area contributed by atoms with Gasteiger partial charge in [-0.05, 0) is 93.1 Å². The lowest BCUT2D eigenvalue weighted by atomic mass is 9.54. The van der Waals surface area contributed by atoms with E-state index >= 15 is 0 Å². The van der Waals surface area contributed by atoms with Crippen LogP contribution >= 0.6 is 0 Å². The average Bonchev–Trinajstić information content (AvgIpc) is 3.07. The average molecular weight is 529 g/mol. The third kappa shape index (κ3) is 3.51. The summed E-state index contributed by atoms with van der Waals surface area (Å²) in [5, 5.41) is 3.95. The largest absolute Gasteiger partial charge is 0.351 e. The Kier molecular flexibility index (Phi) is 5.16. The van der Waals surface area contributed by atoms with Gasteiger partial charge in [0.05, 0.1) is 11.0 Å². The highest BCUT2D eigenvalue weighted by Crippen LogP contribution is 2.67. The Morgan fingerprint density at radius 3 is 2.46 bits per heavy atom. The number of aromatic nitrogens is 5. The lowest BCUT2D eigenvalue weighted by Gasteiger charge is -2.56. The first kappa shape index (κ1) is 23.8. The van der Waals surface area contributed by atoms with Crippen LogP contribution in [0.2, 0.25) is 0 Å². The van der Waals surface area contributed by atoms with Crippen LogP contribution in [0.1, 0.15) is 77.2 Å². The maximum atomic E-state index is 14.0. The van der Waals surface area contributed by atoms with Crippen molar-refractivity contribution in [3.05, 3.63) is 61.7 Å². The van der Waals surface area contributed by atoms with Crippen LogP contribution in [-0.2, 0) is 0 Å². The van der Waals surface area contributed by atoms with Crippen molar-refractivity contribution in [1.29, 1.82) is 0 Å². The van der Waals surface area contributed by atoms with Gasteiger partial charge in [0, 0.05) is 24.2 Å². The number of para-hydroxylation sites is 2. The minimum absolute atomic E-state index is 0.0296. The van der Waals surface area contributed by atoms with E-state index in [9.17, 15) is 14.4 Å². The van der Waals surface area contributed by atoms with Crippen LogP contribution < -0.4 is 16.8 Å². The van der Waals surface area contributed by atoms with Gasteiger partial charge in [-0.25, -0.2) is 9.78 Å². The highest BCUT2D eigenvalue weighted by Gasteiger charge is 2.60. The number of H-pyrrole nitrogens is 1. The van der Waals surface area contributed by atoms with Crippen LogP contribution in [0.3, 0.4) is 0 Å². The predicted octanol–water partition coefficient (Wildman–Crippen LogP) is 3.40. The highest BCUT2D eigenvalue weighted by molar-refractivity contribution is 5.75. The lowest BCUT2D eigenvalue weighted by molar-refractivity contribution is -0.0661.